The predicted molar refractivity (Wildman–Crippen MR) is 125 cm³/mol. The molecule has 1 heterocycles. The average molecular weight is 432 g/mol. The maximum Gasteiger partial charge on any atom is 0.260 e. The molecule has 1 aliphatic heterocycles. The van der Waals surface area contributed by atoms with Crippen molar-refractivity contribution in [3.63, 3.8) is 0 Å². The molecule has 0 saturated heterocycles. The molecule has 0 atom stereocenters. The lowest BCUT2D eigenvalue weighted by Gasteiger charge is -2.31. The summed E-state index contributed by atoms with van der Waals surface area (Å²) in [6, 6.07) is 24.3. The van der Waals surface area contributed by atoms with E-state index in [9.17, 15) is 9.36 Å². The topological polar surface area (TPSA) is 59.0 Å². The molecule has 0 spiro atoms. The van der Waals surface area contributed by atoms with E-state index in [4.69, 9.17) is 4.84 Å². The Labute approximate surface area is 182 Å². The highest BCUT2D eigenvalue weighted by molar-refractivity contribution is 7.85. The molecule has 31 heavy (non-hydrogen) atoms. The van der Waals surface area contributed by atoms with Crippen molar-refractivity contribution in [1.82, 2.24) is 4.90 Å². The highest BCUT2D eigenvalue weighted by atomic mass is 31.2. The lowest BCUT2D eigenvalue weighted by Crippen LogP contribution is -2.45. The third-order valence-corrected chi connectivity index (χ3v) is 8.40. The Kier molecular flexibility index (Phi) is 5.32. The maximum atomic E-state index is 14.7. The molecule has 0 radical (unpaired) electrons. The first-order valence-electron chi connectivity index (χ1n) is 10.1. The van der Waals surface area contributed by atoms with Crippen LogP contribution < -0.4 is 15.9 Å². The van der Waals surface area contributed by atoms with Gasteiger partial charge in [-0.2, -0.15) is 0 Å². The number of fused-ring (bicyclic) bond motifs is 1. The van der Waals surface area contributed by atoms with Crippen molar-refractivity contribution in [3.8, 4) is 0 Å². The SMILES string of the molecule is CO/N=C1\c2cc(P(=O)(c3ccccc3)c3ccccc3)ccc2C(=O)N1C(C)(C)C. The normalized spacial score (nSPS) is 15.3. The summed E-state index contributed by atoms with van der Waals surface area (Å²) < 4.78 is 14.7. The number of hydrogen-bond donors (Lipinski definition) is 0. The van der Waals surface area contributed by atoms with E-state index in [1.807, 2.05) is 87.5 Å². The van der Waals surface area contributed by atoms with Gasteiger partial charge in [0, 0.05) is 27.0 Å². The van der Waals surface area contributed by atoms with Gasteiger partial charge in [0.25, 0.3) is 5.91 Å². The molecule has 4 rings (SSSR count). The standard InChI is InChI=1S/C25H25N2O3P/c1-25(2,3)27-23(26-30-4)22-17-20(15-16-21(22)24(27)28)31(29,18-11-7-5-8-12-18)19-13-9-6-10-14-19/h5-17H,1-4H3/b26-23+. The molecule has 6 heteroatoms. The van der Waals surface area contributed by atoms with Crippen LogP contribution in [0.15, 0.2) is 84.0 Å². The fraction of sp³-hybridized carbons (Fsp3) is 0.200. The van der Waals surface area contributed by atoms with Crippen LogP contribution >= 0.6 is 7.14 Å². The summed E-state index contributed by atoms with van der Waals surface area (Å²) in [5, 5.41) is 6.29. The summed E-state index contributed by atoms with van der Waals surface area (Å²) in [6.07, 6.45) is 0. The van der Waals surface area contributed by atoms with Crippen molar-refractivity contribution < 1.29 is 14.2 Å². The quantitative estimate of drug-likeness (QED) is 0.464. The summed E-state index contributed by atoms with van der Waals surface area (Å²) in [4.78, 5) is 19.9. The summed E-state index contributed by atoms with van der Waals surface area (Å²) in [6.45, 7) is 5.84. The molecule has 0 N–H and O–H groups in total. The zero-order valence-corrected chi connectivity index (χ0v) is 19.0. The van der Waals surface area contributed by atoms with Crippen molar-refractivity contribution in [3.05, 3.63) is 90.0 Å². The average Bonchev–Trinajstić information content (AvgIpc) is 3.06. The minimum absolute atomic E-state index is 0.140. The first-order chi connectivity index (χ1) is 14.8. The molecule has 1 aliphatic rings. The molecule has 158 valence electrons. The van der Waals surface area contributed by atoms with Gasteiger partial charge in [-0.3, -0.25) is 9.69 Å². The van der Waals surface area contributed by atoms with Gasteiger partial charge in [-0.1, -0.05) is 71.9 Å². The molecule has 0 bridgehead atoms. The summed E-state index contributed by atoms with van der Waals surface area (Å²) in [5.41, 5.74) is 0.671. The van der Waals surface area contributed by atoms with Gasteiger partial charge in [0.2, 0.25) is 0 Å². The van der Waals surface area contributed by atoms with E-state index in [0.29, 0.717) is 22.3 Å². The van der Waals surface area contributed by atoms with Gasteiger partial charge < -0.3 is 9.40 Å². The van der Waals surface area contributed by atoms with E-state index < -0.39 is 12.7 Å². The van der Waals surface area contributed by atoms with Gasteiger partial charge in [0.15, 0.2) is 13.0 Å². The van der Waals surface area contributed by atoms with E-state index in [0.717, 1.165) is 10.6 Å². The van der Waals surface area contributed by atoms with E-state index in [1.54, 1.807) is 17.0 Å². The molecule has 0 aliphatic carbocycles. The number of amidine groups is 1. The van der Waals surface area contributed by atoms with Crippen LogP contribution in [0.2, 0.25) is 0 Å². The molecule has 0 fully saturated rings. The van der Waals surface area contributed by atoms with Gasteiger partial charge in [-0.15, -0.1) is 0 Å². The monoisotopic (exact) mass is 432 g/mol. The van der Waals surface area contributed by atoms with Crippen molar-refractivity contribution in [2.75, 3.05) is 7.11 Å². The molecule has 0 unspecified atom stereocenters. The predicted octanol–water partition coefficient (Wildman–Crippen LogP) is 3.89. The van der Waals surface area contributed by atoms with Crippen LogP contribution in [0.25, 0.3) is 0 Å². The summed E-state index contributed by atoms with van der Waals surface area (Å²) in [5.74, 6) is 0.295. The van der Waals surface area contributed by atoms with E-state index >= 15 is 0 Å². The van der Waals surface area contributed by atoms with Gasteiger partial charge in [0.05, 0.1) is 5.56 Å². The van der Waals surface area contributed by atoms with Crippen LogP contribution in [0.3, 0.4) is 0 Å². The first kappa shape index (κ1) is 21.1. The number of benzene rings is 3. The zero-order chi connectivity index (χ0) is 22.2. The summed E-state index contributed by atoms with van der Waals surface area (Å²) >= 11 is 0. The zero-order valence-electron chi connectivity index (χ0n) is 18.1. The lowest BCUT2D eigenvalue weighted by molar-refractivity contribution is 0.0756. The number of carbonyl (C=O) groups excluding carboxylic acids is 1. The van der Waals surface area contributed by atoms with Gasteiger partial charge in [0.1, 0.15) is 7.11 Å². The Morgan fingerprint density at radius 3 is 1.84 bits per heavy atom. The van der Waals surface area contributed by atoms with Crippen molar-refractivity contribution in [1.29, 1.82) is 0 Å². The van der Waals surface area contributed by atoms with E-state index in [1.165, 1.54) is 7.11 Å². The van der Waals surface area contributed by atoms with E-state index in [2.05, 4.69) is 5.16 Å². The maximum absolute atomic E-state index is 14.7. The molecular weight excluding hydrogens is 407 g/mol. The Bertz CT molecular complexity index is 1150. The molecule has 3 aromatic carbocycles. The molecule has 3 aromatic rings. The second-order valence-corrected chi connectivity index (χ2v) is 11.2. The Hall–Kier alpha value is -3.17. The van der Waals surface area contributed by atoms with Crippen LogP contribution in [0.4, 0.5) is 0 Å². The Morgan fingerprint density at radius 1 is 0.806 bits per heavy atom. The van der Waals surface area contributed by atoms with Crippen LogP contribution in [-0.2, 0) is 9.40 Å². The largest absolute Gasteiger partial charge is 0.397 e. The van der Waals surface area contributed by atoms with Gasteiger partial charge in [-0.25, -0.2) is 0 Å². The Morgan fingerprint density at radius 2 is 1.35 bits per heavy atom. The van der Waals surface area contributed by atoms with Crippen LogP contribution in [-0.4, -0.2) is 29.3 Å². The summed E-state index contributed by atoms with van der Waals surface area (Å²) in [7, 11) is -1.70. The van der Waals surface area contributed by atoms with Crippen molar-refractivity contribution >= 4 is 34.8 Å². The molecule has 1 amide bonds. The van der Waals surface area contributed by atoms with Crippen LogP contribution in [0, 0.1) is 0 Å². The molecule has 0 aromatic heterocycles. The second-order valence-electron chi connectivity index (χ2n) is 8.42. The number of hydrogen-bond acceptors (Lipinski definition) is 4. The van der Waals surface area contributed by atoms with E-state index in [-0.39, 0.29) is 5.91 Å². The highest BCUT2D eigenvalue weighted by Crippen LogP contribution is 2.43. The molecule has 0 saturated carbocycles. The third-order valence-electron chi connectivity index (χ3n) is 5.34. The van der Waals surface area contributed by atoms with Crippen molar-refractivity contribution in [2.45, 2.75) is 26.3 Å². The van der Waals surface area contributed by atoms with Gasteiger partial charge in [-0.05, 0) is 32.9 Å². The first-order valence-corrected chi connectivity index (χ1v) is 11.8. The number of nitrogens with zero attached hydrogens (tertiary/aromatic N) is 2. The molecular formula is C25H25N2O3P. The fourth-order valence-corrected chi connectivity index (χ4v) is 6.63. The number of oxime groups is 1. The van der Waals surface area contributed by atoms with Crippen LogP contribution in [0.1, 0.15) is 36.7 Å². The molecule has 5 nitrogen and oxygen atoms in total. The number of amides is 1. The second kappa shape index (κ2) is 7.82. The lowest BCUT2D eigenvalue weighted by atomic mass is 10.1. The number of carbonyl (C=O) groups is 1. The Balaban J connectivity index is 1.96. The highest BCUT2D eigenvalue weighted by Gasteiger charge is 2.42. The smallest absolute Gasteiger partial charge is 0.260 e. The fourth-order valence-electron chi connectivity index (χ4n) is 3.96. The van der Waals surface area contributed by atoms with Crippen LogP contribution in [0.5, 0.6) is 0 Å². The minimum atomic E-state index is -3.16. The van der Waals surface area contributed by atoms with Crippen molar-refractivity contribution in [2.24, 2.45) is 5.16 Å². The third kappa shape index (κ3) is 3.49. The van der Waals surface area contributed by atoms with Gasteiger partial charge >= 0.3 is 0 Å². The number of rotatable bonds is 4. The minimum Gasteiger partial charge on any atom is -0.397 e.